The summed E-state index contributed by atoms with van der Waals surface area (Å²) in [6, 6.07) is 6.19. The highest BCUT2D eigenvalue weighted by molar-refractivity contribution is 6.00. The van der Waals surface area contributed by atoms with Crippen LogP contribution in [0, 0.1) is 12.3 Å². The third-order valence-electron chi connectivity index (χ3n) is 4.33. The van der Waals surface area contributed by atoms with Crippen molar-refractivity contribution in [2.45, 2.75) is 39.0 Å². The Kier molecular flexibility index (Phi) is 2.77. The number of amides is 1. The predicted molar refractivity (Wildman–Crippen MR) is 73.8 cm³/mol. The van der Waals surface area contributed by atoms with Crippen LogP contribution in [0.2, 0.25) is 0 Å². The standard InChI is InChI=1S/C15H20N2O/c1-11-5-6-12-13(9-11)17-14(18)15(10-16-12)7-3-2-4-8-15/h5-6,9,16H,2-4,7-8,10H2,1H3,(H,17,18). The number of aryl methyl sites for hydroxylation is 1. The molecule has 3 heteroatoms. The number of carbonyl (C=O) groups excluding carboxylic acids is 1. The smallest absolute Gasteiger partial charge is 0.232 e. The molecule has 0 atom stereocenters. The van der Waals surface area contributed by atoms with Gasteiger partial charge in [0, 0.05) is 6.54 Å². The zero-order chi connectivity index (χ0) is 12.6. The maximum atomic E-state index is 12.5. The lowest BCUT2D eigenvalue weighted by Crippen LogP contribution is -2.41. The zero-order valence-electron chi connectivity index (χ0n) is 10.9. The fraction of sp³-hybridized carbons (Fsp3) is 0.533. The first-order chi connectivity index (χ1) is 8.70. The lowest BCUT2D eigenvalue weighted by molar-refractivity contribution is -0.126. The third-order valence-corrected chi connectivity index (χ3v) is 4.33. The number of nitrogens with one attached hydrogen (secondary N) is 2. The Hall–Kier alpha value is -1.51. The van der Waals surface area contributed by atoms with Gasteiger partial charge in [-0.2, -0.15) is 0 Å². The molecule has 1 aromatic rings. The molecule has 96 valence electrons. The SMILES string of the molecule is Cc1ccc2c(c1)NC(=O)C1(CCCCC1)CN2. The minimum absolute atomic E-state index is 0.189. The Labute approximate surface area is 108 Å². The molecule has 1 aliphatic carbocycles. The van der Waals surface area contributed by atoms with E-state index in [9.17, 15) is 4.79 Å². The van der Waals surface area contributed by atoms with Gasteiger partial charge in [-0.15, -0.1) is 0 Å². The Morgan fingerprint density at radius 3 is 2.67 bits per heavy atom. The number of carbonyl (C=O) groups is 1. The number of hydrogen-bond acceptors (Lipinski definition) is 2. The van der Waals surface area contributed by atoms with Gasteiger partial charge in [0.1, 0.15) is 0 Å². The summed E-state index contributed by atoms with van der Waals surface area (Å²) in [7, 11) is 0. The van der Waals surface area contributed by atoms with Gasteiger partial charge in [0.15, 0.2) is 0 Å². The Morgan fingerprint density at radius 1 is 1.11 bits per heavy atom. The first-order valence-electron chi connectivity index (χ1n) is 6.86. The van der Waals surface area contributed by atoms with Crippen molar-refractivity contribution in [3.05, 3.63) is 23.8 Å². The van der Waals surface area contributed by atoms with Crippen LogP contribution in [-0.2, 0) is 4.79 Å². The molecule has 0 unspecified atom stereocenters. The number of rotatable bonds is 0. The van der Waals surface area contributed by atoms with E-state index in [1.54, 1.807) is 0 Å². The number of benzene rings is 1. The molecule has 3 rings (SSSR count). The third kappa shape index (κ3) is 1.88. The highest BCUT2D eigenvalue weighted by atomic mass is 16.2. The quantitative estimate of drug-likeness (QED) is 0.735. The molecule has 1 aromatic carbocycles. The fourth-order valence-electron chi connectivity index (χ4n) is 3.15. The number of fused-ring (bicyclic) bond motifs is 1. The van der Waals surface area contributed by atoms with Crippen LogP contribution in [0.4, 0.5) is 11.4 Å². The van der Waals surface area contributed by atoms with Gasteiger partial charge < -0.3 is 10.6 Å². The Morgan fingerprint density at radius 2 is 1.89 bits per heavy atom. The molecular formula is C15H20N2O. The van der Waals surface area contributed by atoms with E-state index in [-0.39, 0.29) is 11.3 Å². The minimum atomic E-state index is -0.189. The molecule has 0 saturated heterocycles. The molecule has 1 saturated carbocycles. The molecule has 0 radical (unpaired) electrons. The van der Waals surface area contributed by atoms with Gasteiger partial charge in [0.2, 0.25) is 5.91 Å². The van der Waals surface area contributed by atoms with Gasteiger partial charge in [0.05, 0.1) is 16.8 Å². The molecule has 1 fully saturated rings. The van der Waals surface area contributed by atoms with E-state index >= 15 is 0 Å². The fourth-order valence-corrected chi connectivity index (χ4v) is 3.15. The van der Waals surface area contributed by atoms with Crippen LogP contribution >= 0.6 is 0 Å². The van der Waals surface area contributed by atoms with Gasteiger partial charge >= 0.3 is 0 Å². The van der Waals surface area contributed by atoms with Crippen molar-refractivity contribution in [2.24, 2.45) is 5.41 Å². The van der Waals surface area contributed by atoms with E-state index in [4.69, 9.17) is 0 Å². The summed E-state index contributed by atoms with van der Waals surface area (Å²) in [5, 5.41) is 6.58. The van der Waals surface area contributed by atoms with Gasteiger partial charge in [0.25, 0.3) is 0 Å². The van der Waals surface area contributed by atoms with E-state index in [1.165, 1.54) is 24.8 Å². The molecule has 0 bridgehead atoms. The van der Waals surface area contributed by atoms with Crippen LogP contribution in [0.5, 0.6) is 0 Å². The second-order valence-corrected chi connectivity index (χ2v) is 5.70. The van der Waals surface area contributed by atoms with Crippen molar-refractivity contribution in [3.8, 4) is 0 Å². The summed E-state index contributed by atoms with van der Waals surface area (Å²) >= 11 is 0. The van der Waals surface area contributed by atoms with Crippen molar-refractivity contribution in [3.63, 3.8) is 0 Å². The van der Waals surface area contributed by atoms with Crippen LogP contribution < -0.4 is 10.6 Å². The lowest BCUT2D eigenvalue weighted by Gasteiger charge is -2.34. The van der Waals surface area contributed by atoms with E-state index < -0.39 is 0 Å². The van der Waals surface area contributed by atoms with Crippen molar-refractivity contribution >= 4 is 17.3 Å². The van der Waals surface area contributed by atoms with Crippen LogP contribution in [0.1, 0.15) is 37.7 Å². The normalized spacial score (nSPS) is 21.7. The van der Waals surface area contributed by atoms with Crippen molar-refractivity contribution < 1.29 is 4.79 Å². The van der Waals surface area contributed by atoms with Crippen LogP contribution in [0.3, 0.4) is 0 Å². The zero-order valence-corrected chi connectivity index (χ0v) is 10.9. The van der Waals surface area contributed by atoms with E-state index in [0.29, 0.717) is 0 Å². The second kappa shape index (κ2) is 4.30. The minimum Gasteiger partial charge on any atom is -0.382 e. The largest absolute Gasteiger partial charge is 0.382 e. The number of hydrogen-bond donors (Lipinski definition) is 2. The Bertz CT molecular complexity index is 475. The molecule has 18 heavy (non-hydrogen) atoms. The number of anilines is 2. The Balaban J connectivity index is 1.92. The maximum Gasteiger partial charge on any atom is 0.232 e. The van der Waals surface area contributed by atoms with Gasteiger partial charge in [-0.3, -0.25) is 4.79 Å². The highest BCUT2D eigenvalue weighted by Crippen LogP contribution is 2.40. The van der Waals surface area contributed by atoms with Gasteiger partial charge in [-0.05, 0) is 37.5 Å². The molecule has 2 aliphatic rings. The summed E-state index contributed by atoms with van der Waals surface area (Å²) < 4.78 is 0. The highest BCUT2D eigenvalue weighted by Gasteiger charge is 2.41. The first kappa shape index (κ1) is 11.6. The van der Waals surface area contributed by atoms with Crippen LogP contribution in [0.25, 0.3) is 0 Å². The monoisotopic (exact) mass is 244 g/mol. The predicted octanol–water partition coefficient (Wildman–Crippen LogP) is 3.31. The topological polar surface area (TPSA) is 41.1 Å². The summed E-state index contributed by atoms with van der Waals surface area (Å²) in [5.41, 5.74) is 2.97. The van der Waals surface area contributed by atoms with Gasteiger partial charge in [-0.1, -0.05) is 25.3 Å². The molecule has 1 aliphatic heterocycles. The molecule has 3 nitrogen and oxygen atoms in total. The van der Waals surface area contributed by atoms with E-state index in [1.807, 2.05) is 13.0 Å². The van der Waals surface area contributed by atoms with Gasteiger partial charge in [-0.25, -0.2) is 0 Å². The van der Waals surface area contributed by atoms with E-state index in [0.717, 1.165) is 30.8 Å². The molecule has 0 aromatic heterocycles. The van der Waals surface area contributed by atoms with E-state index in [2.05, 4.69) is 22.8 Å². The lowest BCUT2D eigenvalue weighted by atomic mass is 9.73. The van der Waals surface area contributed by atoms with Crippen molar-refractivity contribution in [1.29, 1.82) is 0 Å². The second-order valence-electron chi connectivity index (χ2n) is 5.70. The molecular weight excluding hydrogens is 224 g/mol. The summed E-state index contributed by atoms with van der Waals surface area (Å²) in [5.74, 6) is 0.207. The van der Waals surface area contributed by atoms with Crippen molar-refractivity contribution in [1.82, 2.24) is 0 Å². The van der Waals surface area contributed by atoms with Crippen LogP contribution in [0.15, 0.2) is 18.2 Å². The molecule has 1 heterocycles. The molecule has 1 amide bonds. The average molecular weight is 244 g/mol. The maximum absolute atomic E-state index is 12.5. The average Bonchev–Trinajstić information content (AvgIpc) is 2.50. The molecule has 1 spiro atoms. The van der Waals surface area contributed by atoms with Crippen molar-refractivity contribution in [2.75, 3.05) is 17.2 Å². The van der Waals surface area contributed by atoms with Crippen LogP contribution in [-0.4, -0.2) is 12.5 Å². The summed E-state index contributed by atoms with van der Waals surface area (Å²) in [6.45, 7) is 2.82. The summed E-state index contributed by atoms with van der Waals surface area (Å²) in [4.78, 5) is 12.5. The summed E-state index contributed by atoms with van der Waals surface area (Å²) in [6.07, 6.45) is 5.63. The first-order valence-corrected chi connectivity index (χ1v) is 6.86. The molecule has 2 N–H and O–H groups in total.